The number of benzene rings is 2. The van der Waals surface area contributed by atoms with Crippen molar-refractivity contribution in [1.82, 2.24) is 19.8 Å². The molecule has 2 aliphatic heterocycles. The molecule has 0 bridgehead atoms. The molecule has 3 aromatic rings. The van der Waals surface area contributed by atoms with E-state index >= 15 is 0 Å². The van der Waals surface area contributed by atoms with E-state index in [-0.39, 0.29) is 18.1 Å². The molecule has 1 saturated heterocycles. The highest BCUT2D eigenvalue weighted by atomic mass is 16.5. The van der Waals surface area contributed by atoms with Crippen LogP contribution in [0.1, 0.15) is 25.2 Å². The zero-order valence-electron chi connectivity index (χ0n) is 18.1. The monoisotopic (exact) mass is 420 g/mol. The van der Waals surface area contributed by atoms with Crippen LogP contribution in [0.15, 0.2) is 42.5 Å². The molecule has 3 heterocycles. The molecule has 5 rings (SSSR count). The van der Waals surface area contributed by atoms with Crippen molar-refractivity contribution in [3.05, 3.63) is 53.9 Å². The minimum Gasteiger partial charge on any atom is -0.483 e. The van der Waals surface area contributed by atoms with Gasteiger partial charge < -0.3 is 19.4 Å². The van der Waals surface area contributed by atoms with Crippen molar-refractivity contribution in [1.29, 1.82) is 0 Å². The molecule has 1 fully saturated rings. The van der Waals surface area contributed by atoms with Crippen LogP contribution in [0.3, 0.4) is 0 Å². The minimum absolute atomic E-state index is 0.0123. The van der Waals surface area contributed by atoms with Gasteiger partial charge >= 0.3 is 0 Å². The molecule has 0 aliphatic carbocycles. The zero-order chi connectivity index (χ0) is 21.4. The summed E-state index contributed by atoms with van der Waals surface area (Å²) in [6, 6.07) is 13.9. The van der Waals surface area contributed by atoms with Crippen LogP contribution in [-0.2, 0) is 17.8 Å². The van der Waals surface area contributed by atoms with Gasteiger partial charge in [-0.1, -0.05) is 24.3 Å². The van der Waals surface area contributed by atoms with Crippen LogP contribution in [0.25, 0.3) is 11.0 Å². The van der Waals surface area contributed by atoms with Gasteiger partial charge in [-0.3, -0.25) is 9.69 Å². The Morgan fingerprint density at radius 2 is 1.94 bits per heavy atom. The first-order chi connectivity index (χ1) is 15.0. The molecule has 0 radical (unpaired) electrons. The van der Waals surface area contributed by atoms with Gasteiger partial charge in [0.2, 0.25) is 0 Å². The van der Waals surface area contributed by atoms with Crippen molar-refractivity contribution in [3.8, 4) is 11.5 Å². The van der Waals surface area contributed by atoms with Crippen LogP contribution < -0.4 is 9.47 Å². The molecular formula is C24H28N4O3. The van der Waals surface area contributed by atoms with Crippen molar-refractivity contribution in [2.24, 2.45) is 0 Å². The van der Waals surface area contributed by atoms with Crippen molar-refractivity contribution in [3.63, 3.8) is 0 Å². The number of imidazole rings is 1. The third kappa shape index (κ3) is 4.23. The van der Waals surface area contributed by atoms with Crippen molar-refractivity contribution >= 4 is 16.9 Å². The van der Waals surface area contributed by atoms with E-state index in [0.717, 1.165) is 54.2 Å². The molecule has 0 saturated carbocycles. The van der Waals surface area contributed by atoms with Gasteiger partial charge in [0.05, 0.1) is 17.6 Å². The molecule has 0 unspecified atom stereocenters. The summed E-state index contributed by atoms with van der Waals surface area (Å²) in [5.41, 5.74) is 2.95. The Balaban J connectivity index is 1.13. The molecule has 7 heteroatoms. The number of H-pyrrole nitrogens is 1. The first-order valence-electron chi connectivity index (χ1n) is 10.8. The van der Waals surface area contributed by atoms with Gasteiger partial charge in [-0.2, -0.15) is 0 Å². The van der Waals surface area contributed by atoms with Gasteiger partial charge in [0, 0.05) is 38.2 Å². The highest BCUT2D eigenvalue weighted by molar-refractivity contribution is 5.78. The van der Waals surface area contributed by atoms with E-state index in [9.17, 15) is 4.79 Å². The first kappa shape index (κ1) is 19.9. The Morgan fingerprint density at radius 1 is 1.13 bits per heavy atom. The first-order valence-corrected chi connectivity index (χ1v) is 10.8. The smallest absolute Gasteiger partial charge is 0.260 e. The van der Waals surface area contributed by atoms with Crippen LogP contribution in [0.5, 0.6) is 11.5 Å². The second-order valence-electron chi connectivity index (χ2n) is 8.93. The van der Waals surface area contributed by atoms with Gasteiger partial charge in [-0.25, -0.2) is 4.98 Å². The molecule has 1 N–H and O–H groups in total. The maximum atomic E-state index is 12.7. The second kappa shape index (κ2) is 7.89. The van der Waals surface area contributed by atoms with E-state index in [1.807, 2.05) is 41.3 Å². The van der Waals surface area contributed by atoms with Crippen molar-refractivity contribution < 1.29 is 14.3 Å². The normalized spacial score (nSPS) is 18.1. The summed E-state index contributed by atoms with van der Waals surface area (Å²) in [7, 11) is 0. The molecule has 2 aliphatic rings. The van der Waals surface area contributed by atoms with Crippen molar-refractivity contribution in [2.45, 2.75) is 32.4 Å². The average molecular weight is 421 g/mol. The number of nitrogens with zero attached hydrogens (tertiary/aromatic N) is 3. The number of piperazine rings is 1. The fourth-order valence-corrected chi connectivity index (χ4v) is 4.38. The number of fused-ring (bicyclic) bond motifs is 2. The summed E-state index contributed by atoms with van der Waals surface area (Å²) in [6.07, 6.45) is 0.848. The molecule has 31 heavy (non-hydrogen) atoms. The highest BCUT2D eigenvalue weighted by Gasteiger charge is 2.32. The summed E-state index contributed by atoms with van der Waals surface area (Å²) in [5, 5.41) is 0. The number of carbonyl (C=O) groups excluding carboxylic acids is 1. The predicted octanol–water partition coefficient (Wildman–Crippen LogP) is 3.00. The second-order valence-corrected chi connectivity index (χ2v) is 8.93. The number of hydrogen-bond donors (Lipinski definition) is 1. The quantitative estimate of drug-likeness (QED) is 0.687. The molecule has 2 aromatic carbocycles. The van der Waals surface area contributed by atoms with E-state index in [2.05, 4.69) is 34.8 Å². The number of para-hydroxylation sites is 3. The van der Waals surface area contributed by atoms with Crippen LogP contribution in [0.4, 0.5) is 0 Å². The number of carbonyl (C=O) groups is 1. The van der Waals surface area contributed by atoms with Crippen molar-refractivity contribution in [2.75, 3.05) is 32.8 Å². The third-order valence-electron chi connectivity index (χ3n) is 5.94. The van der Waals surface area contributed by atoms with E-state index < -0.39 is 0 Å². The van der Waals surface area contributed by atoms with E-state index in [0.29, 0.717) is 18.8 Å². The highest BCUT2D eigenvalue weighted by Crippen LogP contribution is 2.41. The van der Waals surface area contributed by atoms with Crippen LogP contribution in [0.2, 0.25) is 0 Å². The molecule has 1 aromatic heterocycles. The van der Waals surface area contributed by atoms with Crippen LogP contribution in [0, 0.1) is 0 Å². The Bertz CT molecular complexity index is 1070. The predicted molar refractivity (Wildman–Crippen MR) is 118 cm³/mol. The minimum atomic E-state index is -0.234. The summed E-state index contributed by atoms with van der Waals surface area (Å²) in [4.78, 5) is 24.9. The average Bonchev–Trinajstić information content (AvgIpc) is 3.30. The number of aromatic amines is 1. The van der Waals surface area contributed by atoms with Crippen LogP contribution >= 0.6 is 0 Å². The van der Waals surface area contributed by atoms with Gasteiger partial charge in [0.15, 0.2) is 18.1 Å². The Kier molecular flexibility index (Phi) is 5.06. The Morgan fingerprint density at radius 3 is 2.74 bits per heavy atom. The number of ether oxygens (including phenoxy) is 2. The molecule has 162 valence electrons. The largest absolute Gasteiger partial charge is 0.483 e. The Hall–Kier alpha value is -3.06. The maximum absolute atomic E-state index is 12.7. The Labute approximate surface area is 182 Å². The summed E-state index contributed by atoms with van der Waals surface area (Å²) >= 11 is 0. The summed E-state index contributed by atoms with van der Waals surface area (Å²) < 4.78 is 11.9. The maximum Gasteiger partial charge on any atom is 0.260 e. The SMILES string of the molecule is CC1(C)Cc2cccc(OCC(=O)N3CCN(Cc4nc5ccccc5[nH]4)CC3)c2O1. The number of hydrogen-bond acceptors (Lipinski definition) is 5. The number of amides is 1. The molecule has 7 nitrogen and oxygen atoms in total. The van der Waals surface area contributed by atoms with E-state index in [4.69, 9.17) is 9.47 Å². The van der Waals surface area contributed by atoms with Gasteiger partial charge in [0.25, 0.3) is 5.91 Å². The topological polar surface area (TPSA) is 70.7 Å². The standard InChI is InChI=1S/C24H28N4O3/c1-24(2)14-17-6-5-9-20(23(17)31-24)30-16-22(29)28-12-10-27(11-13-28)15-21-25-18-7-3-4-8-19(18)26-21/h3-9H,10-16H2,1-2H3,(H,25,26). The number of rotatable bonds is 5. The lowest BCUT2D eigenvalue weighted by molar-refractivity contribution is -0.135. The molecule has 1 amide bonds. The lowest BCUT2D eigenvalue weighted by atomic mass is 10.0. The number of nitrogens with one attached hydrogen (secondary N) is 1. The molecular weight excluding hydrogens is 392 g/mol. The summed E-state index contributed by atoms with van der Waals surface area (Å²) in [5.74, 6) is 2.40. The van der Waals surface area contributed by atoms with Crippen LogP contribution in [-0.4, -0.2) is 64.1 Å². The lowest BCUT2D eigenvalue weighted by Gasteiger charge is -2.34. The van der Waals surface area contributed by atoms with E-state index in [1.165, 1.54) is 0 Å². The molecule has 0 atom stereocenters. The van der Waals surface area contributed by atoms with Gasteiger partial charge in [-0.15, -0.1) is 0 Å². The molecule has 0 spiro atoms. The number of aromatic nitrogens is 2. The summed E-state index contributed by atoms with van der Waals surface area (Å²) in [6.45, 7) is 7.94. The van der Waals surface area contributed by atoms with E-state index in [1.54, 1.807) is 0 Å². The third-order valence-corrected chi connectivity index (χ3v) is 5.94. The lowest BCUT2D eigenvalue weighted by Crippen LogP contribution is -2.49. The zero-order valence-corrected chi connectivity index (χ0v) is 18.1. The van der Waals surface area contributed by atoms with Gasteiger partial charge in [0.1, 0.15) is 11.4 Å². The fraction of sp³-hybridized carbons (Fsp3) is 0.417. The fourth-order valence-electron chi connectivity index (χ4n) is 4.38. The van der Waals surface area contributed by atoms with Gasteiger partial charge in [-0.05, 0) is 32.0 Å².